The van der Waals surface area contributed by atoms with Gasteiger partial charge in [-0.05, 0) is 30.2 Å². The number of carboxylic acid groups (broad SMARTS) is 1. The first-order chi connectivity index (χ1) is 8.42. The van der Waals surface area contributed by atoms with Gasteiger partial charge in [0.15, 0.2) is 0 Å². The van der Waals surface area contributed by atoms with Crippen LogP contribution in [-0.2, 0) is 9.53 Å². The molecule has 0 aliphatic rings. The van der Waals surface area contributed by atoms with Crippen LogP contribution in [0.5, 0.6) is 0 Å². The lowest BCUT2D eigenvalue weighted by molar-refractivity contribution is -0.138. The third-order valence-corrected chi connectivity index (χ3v) is 2.71. The number of rotatable bonds is 4. The Kier molecular flexibility index (Phi) is 4.38. The van der Waals surface area contributed by atoms with E-state index in [0.717, 1.165) is 6.07 Å². The molecule has 98 valence electrons. The number of halogens is 1. The van der Waals surface area contributed by atoms with Crippen LogP contribution in [0.1, 0.15) is 27.4 Å². The molecule has 0 saturated carbocycles. The second-order valence-corrected chi connectivity index (χ2v) is 3.79. The summed E-state index contributed by atoms with van der Waals surface area (Å²) in [5.74, 6) is -3.60. The summed E-state index contributed by atoms with van der Waals surface area (Å²) in [5, 5.41) is 8.95. The van der Waals surface area contributed by atoms with E-state index in [-0.39, 0.29) is 23.2 Å². The molecule has 1 unspecified atom stereocenters. The van der Waals surface area contributed by atoms with Crippen molar-refractivity contribution in [2.45, 2.75) is 12.8 Å². The zero-order chi connectivity index (χ0) is 13.9. The molecule has 6 heteroatoms. The number of aliphatic carboxylic acids is 1. The van der Waals surface area contributed by atoms with E-state index in [1.165, 1.54) is 20.1 Å². The van der Waals surface area contributed by atoms with Crippen LogP contribution in [-0.4, -0.2) is 30.7 Å². The first-order valence-electron chi connectivity index (χ1n) is 5.23. The second-order valence-electron chi connectivity index (χ2n) is 3.79. The Bertz CT molecular complexity index is 487. The molecule has 0 radical (unpaired) electrons. The van der Waals surface area contributed by atoms with Gasteiger partial charge in [-0.15, -0.1) is 0 Å². The van der Waals surface area contributed by atoms with Gasteiger partial charge < -0.3 is 15.6 Å². The van der Waals surface area contributed by atoms with Crippen molar-refractivity contribution in [3.05, 3.63) is 34.6 Å². The summed E-state index contributed by atoms with van der Waals surface area (Å²) in [5.41, 5.74) is 5.60. The number of esters is 1. The topological polar surface area (TPSA) is 89.6 Å². The highest BCUT2D eigenvalue weighted by Crippen LogP contribution is 2.22. The maximum Gasteiger partial charge on any atom is 0.338 e. The van der Waals surface area contributed by atoms with E-state index in [1.807, 2.05) is 0 Å². The molecule has 5 nitrogen and oxygen atoms in total. The summed E-state index contributed by atoms with van der Waals surface area (Å²) in [7, 11) is 1.17. The van der Waals surface area contributed by atoms with Crippen LogP contribution in [0.2, 0.25) is 0 Å². The van der Waals surface area contributed by atoms with Crippen molar-refractivity contribution in [3.8, 4) is 0 Å². The van der Waals surface area contributed by atoms with E-state index in [0.29, 0.717) is 0 Å². The standard InChI is InChI=1S/C12H14FNO4/c1-6-8(12(17)18-2)3-7(4-10(6)13)9(5-14)11(15)16/h3-4,9H,5,14H2,1-2H3,(H,15,16). The monoisotopic (exact) mass is 255 g/mol. The molecule has 0 saturated heterocycles. The van der Waals surface area contributed by atoms with E-state index >= 15 is 0 Å². The Morgan fingerprint density at radius 1 is 1.50 bits per heavy atom. The molecular weight excluding hydrogens is 241 g/mol. The molecule has 1 rings (SSSR count). The molecule has 0 aliphatic carbocycles. The fourth-order valence-corrected chi connectivity index (χ4v) is 1.60. The number of methoxy groups -OCH3 is 1. The minimum absolute atomic E-state index is 0.00667. The van der Waals surface area contributed by atoms with Crippen LogP contribution >= 0.6 is 0 Å². The fourth-order valence-electron chi connectivity index (χ4n) is 1.60. The second kappa shape index (κ2) is 5.59. The van der Waals surface area contributed by atoms with Crippen molar-refractivity contribution in [2.75, 3.05) is 13.7 Å². The van der Waals surface area contributed by atoms with E-state index in [2.05, 4.69) is 4.74 Å². The van der Waals surface area contributed by atoms with E-state index in [4.69, 9.17) is 10.8 Å². The van der Waals surface area contributed by atoms with Gasteiger partial charge in [0.25, 0.3) is 0 Å². The summed E-state index contributed by atoms with van der Waals surface area (Å²) in [4.78, 5) is 22.4. The van der Waals surface area contributed by atoms with Gasteiger partial charge >= 0.3 is 11.9 Å². The molecule has 0 spiro atoms. The van der Waals surface area contributed by atoms with Crippen molar-refractivity contribution in [1.82, 2.24) is 0 Å². The smallest absolute Gasteiger partial charge is 0.338 e. The zero-order valence-corrected chi connectivity index (χ0v) is 10.1. The average Bonchev–Trinajstić information content (AvgIpc) is 2.32. The summed E-state index contributed by atoms with van der Waals surface area (Å²) < 4.78 is 18.2. The third-order valence-electron chi connectivity index (χ3n) is 2.71. The summed E-state index contributed by atoms with van der Waals surface area (Å²) in [6.07, 6.45) is 0. The molecule has 0 aliphatic heterocycles. The molecule has 1 atom stereocenters. The molecule has 0 fully saturated rings. The number of carbonyl (C=O) groups excluding carboxylic acids is 1. The van der Waals surface area contributed by atoms with Gasteiger partial charge in [0.1, 0.15) is 5.82 Å². The maximum absolute atomic E-state index is 13.7. The summed E-state index contributed by atoms with van der Waals surface area (Å²) in [6, 6.07) is 2.38. The van der Waals surface area contributed by atoms with E-state index < -0.39 is 23.7 Å². The highest BCUT2D eigenvalue weighted by molar-refractivity contribution is 5.91. The van der Waals surface area contributed by atoms with Crippen molar-refractivity contribution in [2.24, 2.45) is 5.73 Å². The number of carbonyl (C=O) groups is 2. The normalized spacial score (nSPS) is 12.0. The van der Waals surface area contributed by atoms with Gasteiger partial charge in [-0.3, -0.25) is 4.79 Å². The Morgan fingerprint density at radius 3 is 2.56 bits per heavy atom. The number of ether oxygens (including phenoxy) is 1. The summed E-state index contributed by atoms with van der Waals surface area (Å²) >= 11 is 0. The maximum atomic E-state index is 13.7. The predicted molar refractivity (Wildman–Crippen MR) is 61.9 cm³/mol. The van der Waals surface area contributed by atoms with Gasteiger partial charge in [-0.25, -0.2) is 9.18 Å². The Hall–Kier alpha value is -1.95. The highest BCUT2D eigenvalue weighted by Gasteiger charge is 2.22. The molecule has 1 aromatic rings. The van der Waals surface area contributed by atoms with Crippen molar-refractivity contribution in [1.29, 1.82) is 0 Å². The average molecular weight is 255 g/mol. The molecular formula is C12H14FNO4. The Balaban J connectivity index is 3.36. The molecule has 0 bridgehead atoms. The zero-order valence-electron chi connectivity index (χ0n) is 10.1. The van der Waals surface area contributed by atoms with Crippen LogP contribution < -0.4 is 5.73 Å². The molecule has 0 heterocycles. The van der Waals surface area contributed by atoms with Crippen LogP contribution in [0.25, 0.3) is 0 Å². The van der Waals surface area contributed by atoms with Crippen LogP contribution in [0.3, 0.4) is 0 Å². The van der Waals surface area contributed by atoms with Gasteiger partial charge in [0.05, 0.1) is 18.6 Å². The van der Waals surface area contributed by atoms with Crippen molar-refractivity contribution in [3.63, 3.8) is 0 Å². The van der Waals surface area contributed by atoms with Crippen LogP contribution in [0, 0.1) is 12.7 Å². The molecule has 0 aromatic heterocycles. The lowest BCUT2D eigenvalue weighted by Crippen LogP contribution is -2.22. The first-order valence-corrected chi connectivity index (χ1v) is 5.23. The number of benzene rings is 1. The van der Waals surface area contributed by atoms with Gasteiger partial charge in [-0.1, -0.05) is 0 Å². The number of hydrogen-bond donors (Lipinski definition) is 2. The molecule has 1 aromatic carbocycles. The fraction of sp³-hybridized carbons (Fsp3) is 0.333. The van der Waals surface area contributed by atoms with E-state index in [9.17, 15) is 14.0 Å². The largest absolute Gasteiger partial charge is 0.481 e. The minimum atomic E-state index is -1.17. The number of hydrogen-bond acceptors (Lipinski definition) is 4. The van der Waals surface area contributed by atoms with Crippen molar-refractivity contribution < 1.29 is 23.8 Å². The van der Waals surface area contributed by atoms with Gasteiger partial charge in [0, 0.05) is 6.54 Å². The quantitative estimate of drug-likeness (QED) is 0.785. The van der Waals surface area contributed by atoms with Crippen LogP contribution in [0.4, 0.5) is 4.39 Å². The summed E-state index contributed by atoms with van der Waals surface area (Å²) in [6.45, 7) is 1.24. The van der Waals surface area contributed by atoms with Gasteiger partial charge in [-0.2, -0.15) is 0 Å². The van der Waals surface area contributed by atoms with E-state index in [1.54, 1.807) is 0 Å². The minimum Gasteiger partial charge on any atom is -0.481 e. The predicted octanol–water partition coefficient (Wildman–Crippen LogP) is 1.05. The Morgan fingerprint density at radius 2 is 2.11 bits per heavy atom. The molecule has 18 heavy (non-hydrogen) atoms. The highest BCUT2D eigenvalue weighted by atomic mass is 19.1. The number of nitrogens with two attached hydrogens (primary N) is 1. The number of carboxylic acids is 1. The lowest BCUT2D eigenvalue weighted by atomic mass is 9.95. The SMILES string of the molecule is COC(=O)c1cc(C(CN)C(=O)O)cc(F)c1C. The van der Waals surface area contributed by atoms with Crippen LogP contribution in [0.15, 0.2) is 12.1 Å². The first kappa shape index (κ1) is 14.1. The lowest BCUT2D eigenvalue weighted by Gasteiger charge is -2.13. The van der Waals surface area contributed by atoms with Crippen molar-refractivity contribution >= 4 is 11.9 Å². The molecule has 0 amide bonds. The Labute approximate surface area is 103 Å². The molecule has 3 N–H and O–H groups in total. The third kappa shape index (κ3) is 2.65. The van der Waals surface area contributed by atoms with Gasteiger partial charge in [0.2, 0.25) is 0 Å².